The summed E-state index contributed by atoms with van der Waals surface area (Å²) in [5.74, 6) is -0.142. The summed E-state index contributed by atoms with van der Waals surface area (Å²) in [5.41, 5.74) is 4.92. The van der Waals surface area contributed by atoms with Gasteiger partial charge in [0.1, 0.15) is 5.82 Å². The maximum atomic E-state index is 14.7. The Labute approximate surface area is 169 Å². The van der Waals surface area contributed by atoms with Crippen LogP contribution in [0.3, 0.4) is 0 Å². The summed E-state index contributed by atoms with van der Waals surface area (Å²) in [7, 11) is 0. The number of halogens is 1. The summed E-state index contributed by atoms with van der Waals surface area (Å²) < 4.78 is 14.7. The summed E-state index contributed by atoms with van der Waals surface area (Å²) >= 11 is 0. The number of hydrogen-bond acceptors (Lipinski definition) is 3. The third-order valence-electron chi connectivity index (χ3n) is 5.80. The average Bonchev–Trinajstić information content (AvgIpc) is 2.91. The van der Waals surface area contributed by atoms with Gasteiger partial charge in [-0.2, -0.15) is 0 Å². The standard InChI is InChI=1S/C25H21FN2O/c26-19-11-5-4-10-18(19)25-24-22(27-20-12-6-7-13-21(20)28-25)14-17(15-23(24)29)16-8-2-1-3-9-16/h1-13,17,25,27-28H,14-15H2/t17-,25-/m1/s1. The number of carbonyl (C=O) groups excluding carboxylic acids is 1. The first-order valence-electron chi connectivity index (χ1n) is 9.89. The van der Waals surface area contributed by atoms with Crippen molar-refractivity contribution >= 4 is 17.2 Å². The van der Waals surface area contributed by atoms with Crippen LogP contribution in [-0.4, -0.2) is 5.78 Å². The van der Waals surface area contributed by atoms with Crippen molar-refractivity contribution in [2.24, 2.45) is 0 Å². The molecule has 29 heavy (non-hydrogen) atoms. The van der Waals surface area contributed by atoms with E-state index in [4.69, 9.17) is 0 Å². The second-order valence-electron chi connectivity index (χ2n) is 7.60. The molecule has 0 aromatic heterocycles. The zero-order chi connectivity index (χ0) is 19.8. The molecule has 0 bridgehead atoms. The zero-order valence-electron chi connectivity index (χ0n) is 15.9. The van der Waals surface area contributed by atoms with Crippen LogP contribution in [0.15, 0.2) is 90.1 Å². The number of anilines is 2. The molecule has 0 radical (unpaired) electrons. The van der Waals surface area contributed by atoms with Gasteiger partial charge < -0.3 is 10.6 Å². The molecule has 144 valence electrons. The highest BCUT2D eigenvalue weighted by atomic mass is 19.1. The number of carbonyl (C=O) groups is 1. The predicted molar refractivity (Wildman–Crippen MR) is 113 cm³/mol. The van der Waals surface area contributed by atoms with E-state index in [1.165, 1.54) is 6.07 Å². The number of para-hydroxylation sites is 2. The van der Waals surface area contributed by atoms with Crippen molar-refractivity contribution in [1.29, 1.82) is 0 Å². The Hall–Kier alpha value is -3.40. The highest BCUT2D eigenvalue weighted by Crippen LogP contribution is 2.44. The van der Waals surface area contributed by atoms with Crippen molar-refractivity contribution in [2.75, 3.05) is 10.6 Å². The molecule has 3 nitrogen and oxygen atoms in total. The van der Waals surface area contributed by atoms with Gasteiger partial charge in [-0.3, -0.25) is 4.79 Å². The lowest BCUT2D eigenvalue weighted by Crippen LogP contribution is -2.27. The summed E-state index contributed by atoms with van der Waals surface area (Å²) in [6, 6.07) is 24.1. The quantitative estimate of drug-likeness (QED) is 0.586. The van der Waals surface area contributed by atoms with Crippen molar-refractivity contribution in [3.8, 4) is 0 Å². The number of rotatable bonds is 2. The smallest absolute Gasteiger partial charge is 0.163 e. The maximum absolute atomic E-state index is 14.7. The summed E-state index contributed by atoms with van der Waals surface area (Å²) in [5, 5.41) is 6.90. The van der Waals surface area contributed by atoms with Crippen LogP contribution in [0, 0.1) is 5.82 Å². The number of allylic oxidation sites excluding steroid dienone is 1. The van der Waals surface area contributed by atoms with Crippen molar-refractivity contribution in [3.63, 3.8) is 0 Å². The van der Waals surface area contributed by atoms with Crippen molar-refractivity contribution in [2.45, 2.75) is 24.8 Å². The molecule has 1 aliphatic heterocycles. The van der Waals surface area contributed by atoms with Crippen LogP contribution in [0.1, 0.15) is 35.9 Å². The Morgan fingerprint density at radius 1 is 0.793 bits per heavy atom. The SMILES string of the molecule is O=C1C[C@H](c2ccccc2)CC2=C1[C@@H](c1ccccc1F)Nc1ccccc1N2. The molecule has 0 amide bonds. The molecule has 4 heteroatoms. The average molecular weight is 384 g/mol. The number of Topliss-reactive ketones (excluding diaryl/α,β-unsaturated/α-hetero) is 1. The highest BCUT2D eigenvalue weighted by Gasteiger charge is 2.36. The highest BCUT2D eigenvalue weighted by molar-refractivity contribution is 6.01. The molecule has 3 aromatic carbocycles. The molecule has 0 spiro atoms. The monoisotopic (exact) mass is 384 g/mol. The lowest BCUT2D eigenvalue weighted by atomic mass is 9.78. The normalized spacial score (nSPS) is 20.8. The van der Waals surface area contributed by atoms with Crippen LogP contribution in [-0.2, 0) is 4.79 Å². The van der Waals surface area contributed by atoms with E-state index in [-0.39, 0.29) is 17.5 Å². The second-order valence-corrected chi connectivity index (χ2v) is 7.60. The molecule has 2 atom stereocenters. The molecular formula is C25H21FN2O. The van der Waals surface area contributed by atoms with Gasteiger partial charge in [-0.15, -0.1) is 0 Å². The summed E-state index contributed by atoms with van der Waals surface area (Å²) in [6.45, 7) is 0. The third-order valence-corrected chi connectivity index (χ3v) is 5.80. The van der Waals surface area contributed by atoms with Gasteiger partial charge in [0.2, 0.25) is 0 Å². The van der Waals surface area contributed by atoms with Crippen molar-refractivity contribution in [3.05, 3.63) is 107 Å². The van der Waals surface area contributed by atoms with Crippen LogP contribution in [0.5, 0.6) is 0 Å². The minimum atomic E-state index is -0.522. The van der Waals surface area contributed by atoms with Crippen molar-refractivity contribution < 1.29 is 9.18 Å². The molecule has 1 aliphatic carbocycles. The Morgan fingerprint density at radius 3 is 2.28 bits per heavy atom. The van der Waals surface area contributed by atoms with E-state index in [2.05, 4.69) is 22.8 Å². The fourth-order valence-corrected chi connectivity index (χ4v) is 4.40. The van der Waals surface area contributed by atoms with Crippen LogP contribution < -0.4 is 10.6 Å². The minimum Gasteiger partial charge on any atom is -0.372 e. The van der Waals surface area contributed by atoms with E-state index in [0.29, 0.717) is 24.0 Å². The van der Waals surface area contributed by atoms with Gasteiger partial charge in [0.25, 0.3) is 0 Å². The topological polar surface area (TPSA) is 41.1 Å². The van der Waals surface area contributed by atoms with E-state index >= 15 is 0 Å². The molecule has 5 rings (SSSR count). The Kier molecular flexibility index (Phi) is 4.39. The molecular weight excluding hydrogens is 363 g/mol. The Morgan fingerprint density at radius 2 is 1.48 bits per heavy atom. The number of nitrogens with one attached hydrogen (secondary N) is 2. The van der Waals surface area contributed by atoms with Gasteiger partial charge in [0.05, 0.1) is 17.4 Å². The predicted octanol–water partition coefficient (Wildman–Crippen LogP) is 5.81. The van der Waals surface area contributed by atoms with Gasteiger partial charge in [0, 0.05) is 23.3 Å². The minimum absolute atomic E-state index is 0.0566. The van der Waals surface area contributed by atoms with Crippen LogP contribution in [0.4, 0.5) is 15.8 Å². The molecule has 1 heterocycles. The van der Waals surface area contributed by atoms with Crippen LogP contribution in [0.2, 0.25) is 0 Å². The Balaban J connectivity index is 1.64. The second kappa shape index (κ2) is 7.21. The lowest BCUT2D eigenvalue weighted by molar-refractivity contribution is -0.116. The molecule has 0 saturated carbocycles. The first-order valence-corrected chi connectivity index (χ1v) is 9.89. The maximum Gasteiger partial charge on any atom is 0.163 e. The molecule has 0 saturated heterocycles. The summed E-state index contributed by atoms with van der Waals surface area (Å²) in [4.78, 5) is 13.4. The van der Waals surface area contributed by atoms with Gasteiger partial charge in [-0.1, -0.05) is 60.7 Å². The zero-order valence-corrected chi connectivity index (χ0v) is 15.9. The molecule has 2 N–H and O–H groups in total. The number of ketones is 1. The van der Waals surface area contributed by atoms with E-state index in [9.17, 15) is 9.18 Å². The molecule has 0 unspecified atom stereocenters. The summed E-state index contributed by atoms with van der Waals surface area (Å²) in [6.07, 6.45) is 1.14. The number of fused-ring (bicyclic) bond motifs is 1. The van der Waals surface area contributed by atoms with E-state index in [0.717, 1.165) is 22.6 Å². The molecule has 2 aliphatic rings. The third kappa shape index (κ3) is 3.21. The first kappa shape index (κ1) is 17.7. The van der Waals surface area contributed by atoms with E-state index in [1.807, 2.05) is 48.5 Å². The van der Waals surface area contributed by atoms with Crippen LogP contribution in [0.25, 0.3) is 0 Å². The molecule has 0 fully saturated rings. The fourth-order valence-electron chi connectivity index (χ4n) is 4.40. The van der Waals surface area contributed by atoms with E-state index < -0.39 is 6.04 Å². The first-order chi connectivity index (χ1) is 14.2. The van der Waals surface area contributed by atoms with Crippen molar-refractivity contribution in [1.82, 2.24) is 0 Å². The molecule has 3 aromatic rings. The fraction of sp³-hybridized carbons (Fsp3) is 0.160. The van der Waals surface area contributed by atoms with Crippen LogP contribution >= 0.6 is 0 Å². The lowest BCUT2D eigenvalue weighted by Gasteiger charge is -2.30. The largest absolute Gasteiger partial charge is 0.372 e. The van der Waals surface area contributed by atoms with Gasteiger partial charge >= 0.3 is 0 Å². The van der Waals surface area contributed by atoms with Gasteiger partial charge in [0.15, 0.2) is 5.78 Å². The number of hydrogen-bond donors (Lipinski definition) is 2. The van der Waals surface area contributed by atoms with E-state index in [1.54, 1.807) is 12.1 Å². The van der Waals surface area contributed by atoms with Gasteiger partial charge in [-0.25, -0.2) is 4.39 Å². The Bertz CT molecular complexity index is 1110. The van der Waals surface area contributed by atoms with Gasteiger partial charge in [-0.05, 0) is 36.1 Å². The number of benzene rings is 3.